The molecule has 1 aromatic heterocycles. The van der Waals surface area contributed by atoms with E-state index in [0.717, 1.165) is 15.9 Å². The molecule has 0 unspecified atom stereocenters. The summed E-state index contributed by atoms with van der Waals surface area (Å²) >= 11 is 7.36. The summed E-state index contributed by atoms with van der Waals surface area (Å²) in [5, 5.41) is 4.46. The van der Waals surface area contributed by atoms with Crippen molar-refractivity contribution in [3.8, 4) is 0 Å². The van der Waals surface area contributed by atoms with Crippen LogP contribution in [0.25, 0.3) is 0 Å². The van der Waals surface area contributed by atoms with Gasteiger partial charge in [0, 0.05) is 12.6 Å². The van der Waals surface area contributed by atoms with Crippen LogP contribution in [0.15, 0.2) is 30.5 Å². The second kappa shape index (κ2) is 5.63. The second-order valence-corrected chi connectivity index (χ2v) is 5.82. The average Bonchev–Trinajstić information content (AvgIpc) is 2.73. The molecule has 1 heterocycles. The Morgan fingerprint density at radius 1 is 1.35 bits per heavy atom. The number of hydrogen-bond acceptors (Lipinski definition) is 3. The third-order valence-corrected chi connectivity index (χ3v) is 3.78. The first-order valence-corrected chi connectivity index (χ1v) is 6.75. The van der Waals surface area contributed by atoms with Crippen LogP contribution in [0.2, 0.25) is 4.34 Å². The highest BCUT2D eigenvalue weighted by molar-refractivity contribution is 7.15. The second-order valence-electron chi connectivity index (χ2n) is 4.07. The number of halogens is 1. The third kappa shape index (κ3) is 3.53. The maximum absolute atomic E-state index is 5.84. The fourth-order valence-corrected chi connectivity index (χ4v) is 2.49. The molecule has 1 N–H and O–H groups in total. The Morgan fingerprint density at radius 2 is 2.06 bits per heavy atom. The summed E-state index contributed by atoms with van der Waals surface area (Å²) in [5.41, 5.74) is 2.57. The molecule has 0 aliphatic carbocycles. The molecule has 0 saturated heterocycles. The number of nitrogens with zero attached hydrogens (tertiary/aromatic N) is 1. The van der Waals surface area contributed by atoms with E-state index in [0.29, 0.717) is 6.04 Å². The molecule has 0 spiro atoms. The van der Waals surface area contributed by atoms with Crippen LogP contribution in [-0.4, -0.2) is 4.98 Å². The number of benzene rings is 1. The van der Waals surface area contributed by atoms with Gasteiger partial charge in [-0.25, -0.2) is 4.98 Å². The zero-order valence-electron chi connectivity index (χ0n) is 9.90. The van der Waals surface area contributed by atoms with E-state index in [1.54, 1.807) is 6.20 Å². The number of rotatable bonds is 4. The quantitative estimate of drug-likeness (QED) is 0.906. The topological polar surface area (TPSA) is 24.9 Å². The Balaban J connectivity index is 1.93. The van der Waals surface area contributed by atoms with Gasteiger partial charge >= 0.3 is 0 Å². The minimum Gasteiger partial charge on any atom is -0.304 e. The summed E-state index contributed by atoms with van der Waals surface area (Å²) in [4.78, 5) is 4.22. The minimum atomic E-state index is 0.318. The fraction of sp³-hybridized carbons (Fsp3) is 0.308. The van der Waals surface area contributed by atoms with Gasteiger partial charge in [0.15, 0.2) is 0 Å². The van der Waals surface area contributed by atoms with Gasteiger partial charge in [-0.05, 0) is 19.4 Å². The van der Waals surface area contributed by atoms with Crippen LogP contribution in [0.1, 0.15) is 29.1 Å². The number of thiazole rings is 1. The van der Waals surface area contributed by atoms with Crippen molar-refractivity contribution in [2.45, 2.75) is 26.4 Å². The maximum atomic E-state index is 5.84. The molecule has 2 nitrogen and oxygen atoms in total. The van der Waals surface area contributed by atoms with Crippen molar-refractivity contribution in [3.05, 3.63) is 50.9 Å². The summed E-state index contributed by atoms with van der Waals surface area (Å²) < 4.78 is 0.741. The number of aromatic nitrogens is 1. The van der Waals surface area contributed by atoms with E-state index < -0.39 is 0 Å². The number of nitrogens with one attached hydrogen (secondary N) is 1. The standard InChI is InChI=1S/C13H15ClN2S/c1-9-3-5-11(6-4-9)10(2)15-8-13-16-7-12(14)17-13/h3-7,10,15H,8H2,1-2H3/t10-/m0/s1. The molecule has 2 rings (SSSR count). The normalized spacial score (nSPS) is 12.6. The number of hydrogen-bond donors (Lipinski definition) is 1. The Morgan fingerprint density at radius 3 is 2.65 bits per heavy atom. The van der Waals surface area contributed by atoms with Gasteiger partial charge in [-0.3, -0.25) is 0 Å². The zero-order valence-corrected chi connectivity index (χ0v) is 11.5. The van der Waals surface area contributed by atoms with E-state index in [4.69, 9.17) is 11.6 Å². The molecule has 0 amide bonds. The summed E-state index contributed by atoms with van der Waals surface area (Å²) in [6, 6.07) is 8.89. The predicted molar refractivity (Wildman–Crippen MR) is 73.6 cm³/mol. The van der Waals surface area contributed by atoms with Gasteiger partial charge in [-0.1, -0.05) is 41.4 Å². The summed E-state index contributed by atoms with van der Waals surface area (Å²) in [6.07, 6.45) is 1.69. The average molecular weight is 267 g/mol. The molecule has 2 aromatic rings. The molecule has 1 atom stereocenters. The van der Waals surface area contributed by atoms with Gasteiger partial charge in [0.05, 0.1) is 6.20 Å². The van der Waals surface area contributed by atoms with Crippen LogP contribution in [0.4, 0.5) is 0 Å². The fourth-order valence-electron chi connectivity index (χ4n) is 1.58. The van der Waals surface area contributed by atoms with Gasteiger partial charge in [0.2, 0.25) is 0 Å². The SMILES string of the molecule is Cc1ccc([C@H](C)NCc2ncc(Cl)s2)cc1. The molecule has 1 aromatic carbocycles. The molecule has 0 aliphatic rings. The first kappa shape index (κ1) is 12.6. The van der Waals surface area contributed by atoms with E-state index in [9.17, 15) is 0 Å². The van der Waals surface area contributed by atoms with E-state index >= 15 is 0 Å². The van der Waals surface area contributed by atoms with Crippen molar-refractivity contribution in [2.75, 3.05) is 0 Å². The first-order chi connectivity index (χ1) is 8.15. The Hall–Kier alpha value is -0.900. The van der Waals surface area contributed by atoms with Gasteiger partial charge in [-0.2, -0.15) is 0 Å². The lowest BCUT2D eigenvalue weighted by atomic mass is 10.1. The lowest BCUT2D eigenvalue weighted by Gasteiger charge is -2.13. The Bertz CT molecular complexity index is 478. The molecule has 0 aliphatic heterocycles. The highest BCUT2D eigenvalue weighted by Crippen LogP contribution is 2.19. The zero-order chi connectivity index (χ0) is 12.3. The molecule has 90 valence electrons. The molecular weight excluding hydrogens is 252 g/mol. The van der Waals surface area contributed by atoms with Crippen molar-refractivity contribution in [1.82, 2.24) is 10.3 Å². The monoisotopic (exact) mass is 266 g/mol. The van der Waals surface area contributed by atoms with Crippen LogP contribution in [0.3, 0.4) is 0 Å². The largest absolute Gasteiger partial charge is 0.304 e. The molecule has 0 fully saturated rings. The number of aryl methyl sites for hydroxylation is 1. The van der Waals surface area contributed by atoms with E-state index in [1.165, 1.54) is 22.5 Å². The van der Waals surface area contributed by atoms with Gasteiger partial charge in [0.25, 0.3) is 0 Å². The van der Waals surface area contributed by atoms with Crippen LogP contribution < -0.4 is 5.32 Å². The summed E-state index contributed by atoms with van der Waals surface area (Å²) in [5.74, 6) is 0. The lowest BCUT2D eigenvalue weighted by Crippen LogP contribution is -2.17. The van der Waals surface area contributed by atoms with Gasteiger partial charge in [0.1, 0.15) is 9.34 Å². The highest BCUT2D eigenvalue weighted by atomic mass is 35.5. The van der Waals surface area contributed by atoms with Crippen LogP contribution in [-0.2, 0) is 6.54 Å². The smallest absolute Gasteiger partial charge is 0.113 e. The highest BCUT2D eigenvalue weighted by Gasteiger charge is 2.06. The maximum Gasteiger partial charge on any atom is 0.113 e. The van der Waals surface area contributed by atoms with Crippen molar-refractivity contribution in [3.63, 3.8) is 0 Å². The first-order valence-electron chi connectivity index (χ1n) is 5.55. The molecule has 0 radical (unpaired) electrons. The Kier molecular flexibility index (Phi) is 4.15. The van der Waals surface area contributed by atoms with Crippen molar-refractivity contribution in [1.29, 1.82) is 0 Å². The van der Waals surface area contributed by atoms with E-state index in [2.05, 4.69) is 48.4 Å². The van der Waals surface area contributed by atoms with Crippen molar-refractivity contribution >= 4 is 22.9 Å². The molecule has 0 bridgehead atoms. The van der Waals surface area contributed by atoms with Crippen molar-refractivity contribution < 1.29 is 0 Å². The van der Waals surface area contributed by atoms with Crippen LogP contribution in [0, 0.1) is 6.92 Å². The molecule has 4 heteroatoms. The Labute approximate surface area is 111 Å². The summed E-state index contributed by atoms with van der Waals surface area (Å²) in [6.45, 7) is 5.01. The summed E-state index contributed by atoms with van der Waals surface area (Å²) in [7, 11) is 0. The molecular formula is C13H15ClN2S. The van der Waals surface area contributed by atoms with E-state index in [-0.39, 0.29) is 0 Å². The predicted octanol–water partition coefficient (Wildman–Crippen LogP) is 3.96. The lowest BCUT2D eigenvalue weighted by molar-refractivity contribution is 0.573. The minimum absolute atomic E-state index is 0.318. The van der Waals surface area contributed by atoms with Gasteiger partial charge in [-0.15, -0.1) is 11.3 Å². The molecule has 0 saturated carbocycles. The van der Waals surface area contributed by atoms with E-state index in [1.807, 2.05) is 0 Å². The van der Waals surface area contributed by atoms with Crippen LogP contribution >= 0.6 is 22.9 Å². The van der Waals surface area contributed by atoms with Crippen molar-refractivity contribution in [2.24, 2.45) is 0 Å². The van der Waals surface area contributed by atoms with Crippen LogP contribution in [0.5, 0.6) is 0 Å². The van der Waals surface area contributed by atoms with Gasteiger partial charge < -0.3 is 5.32 Å². The molecule has 17 heavy (non-hydrogen) atoms. The third-order valence-electron chi connectivity index (χ3n) is 2.66.